The summed E-state index contributed by atoms with van der Waals surface area (Å²) in [5, 5.41) is 0. The molecule has 0 aliphatic rings. The Morgan fingerprint density at radius 2 is 0.962 bits per heavy atom. The van der Waals surface area contributed by atoms with Crippen molar-refractivity contribution in [2.45, 2.75) is 85.5 Å². The lowest BCUT2D eigenvalue weighted by molar-refractivity contribution is 0.671. The Balaban J connectivity index is 3.11. The molecule has 0 aliphatic heterocycles. The Morgan fingerprint density at radius 1 is 0.615 bits per heavy atom. The number of nitrogens with zero attached hydrogens (tertiary/aromatic N) is 2. The van der Waals surface area contributed by atoms with Gasteiger partial charge in [-0.2, -0.15) is 0 Å². The Morgan fingerprint density at radius 3 is 1.23 bits per heavy atom. The van der Waals surface area contributed by atoms with Crippen LogP contribution in [-0.2, 0) is 6.42 Å². The van der Waals surface area contributed by atoms with Gasteiger partial charge in [0, 0.05) is 37.6 Å². The minimum atomic E-state index is 0.867. The summed E-state index contributed by atoms with van der Waals surface area (Å²) in [5.41, 5.74) is 4.18. The number of benzene rings is 1. The van der Waals surface area contributed by atoms with E-state index in [1.807, 2.05) is 0 Å². The van der Waals surface area contributed by atoms with Crippen molar-refractivity contribution in [1.82, 2.24) is 0 Å². The Bertz CT molecular complexity index is 415. The van der Waals surface area contributed by atoms with Gasteiger partial charge in [-0.25, -0.2) is 0 Å². The highest BCUT2D eigenvalue weighted by Crippen LogP contribution is 2.27. The van der Waals surface area contributed by atoms with Crippen molar-refractivity contribution in [3.8, 4) is 0 Å². The van der Waals surface area contributed by atoms with Gasteiger partial charge in [0.2, 0.25) is 0 Å². The summed E-state index contributed by atoms with van der Waals surface area (Å²) in [6.07, 6.45) is 10.9. The van der Waals surface area contributed by atoms with E-state index in [9.17, 15) is 0 Å². The number of anilines is 2. The molecule has 1 aromatic rings. The van der Waals surface area contributed by atoms with E-state index in [1.54, 1.807) is 0 Å². The zero-order valence-electron chi connectivity index (χ0n) is 18.0. The van der Waals surface area contributed by atoms with Crippen molar-refractivity contribution in [3.63, 3.8) is 0 Å². The molecule has 2 nitrogen and oxygen atoms in total. The molecule has 0 spiro atoms. The lowest BCUT2D eigenvalue weighted by atomic mass is 10.1. The van der Waals surface area contributed by atoms with E-state index in [2.05, 4.69) is 62.6 Å². The molecule has 1 rings (SSSR count). The maximum Gasteiger partial charge on any atom is 0.0389 e. The van der Waals surface area contributed by atoms with E-state index in [1.165, 1.54) is 94.5 Å². The lowest BCUT2D eigenvalue weighted by Gasteiger charge is -2.30. The van der Waals surface area contributed by atoms with Gasteiger partial charge in [-0.15, -0.1) is 0 Å². The van der Waals surface area contributed by atoms with Crippen molar-refractivity contribution in [2.75, 3.05) is 36.0 Å². The quantitative estimate of drug-likeness (QED) is 0.337. The van der Waals surface area contributed by atoms with Crippen LogP contribution >= 0.6 is 0 Å². The van der Waals surface area contributed by atoms with Gasteiger partial charge in [-0.3, -0.25) is 0 Å². The van der Waals surface area contributed by atoms with Crippen LogP contribution in [0.2, 0.25) is 0 Å². The molecule has 0 unspecified atom stereocenters. The molecule has 1 aromatic carbocycles. The first-order valence-electron chi connectivity index (χ1n) is 11.1. The van der Waals surface area contributed by atoms with Gasteiger partial charge in [0.15, 0.2) is 0 Å². The van der Waals surface area contributed by atoms with Gasteiger partial charge in [-0.1, -0.05) is 53.4 Å². The van der Waals surface area contributed by atoms with Crippen LogP contribution in [0.15, 0.2) is 18.2 Å². The number of hydrogen-bond donors (Lipinski definition) is 0. The van der Waals surface area contributed by atoms with Crippen molar-refractivity contribution < 1.29 is 0 Å². The maximum atomic E-state index is 4.17. The Labute approximate surface area is 164 Å². The van der Waals surface area contributed by atoms with E-state index in [0.29, 0.717) is 0 Å². The highest BCUT2D eigenvalue weighted by atomic mass is 15.1. The molecule has 26 heavy (non-hydrogen) atoms. The molecule has 0 N–H and O–H groups in total. The molecule has 149 valence electrons. The molecule has 0 saturated heterocycles. The summed E-state index contributed by atoms with van der Waals surface area (Å²) in [6.45, 7) is 18.0. The van der Waals surface area contributed by atoms with Crippen molar-refractivity contribution >= 4 is 11.4 Å². The molecule has 2 heteroatoms. The van der Waals surface area contributed by atoms with E-state index in [-0.39, 0.29) is 0 Å². The molecule has 0 amide bonds. The van der Waals surface area contributed by atoms with Crippen molar-refractivity contribution in [1.29, 1.82) is 0 Å². The zero-order valence-corrected chi connectivity index (χ0v) is 18.0. The predicted molar refractivity (Wildman–Crippen MR) is 120 cm³/mol. The standard InChI is InChI=1S/C24H43N2/c1-6-11-15-25(16-12-7-2)23-19-22(10-5)20-24(21-23)26(17-13-8-3)18-14-9-4/h19-21H,5-18H2,1-4H3. The molecule has 0 aromatic heterocycles. The molecule has 0 bridgehead atoms. The first kappa shape index (κ1) is 22.9. The molecule has 0 atom stereocenters. The second-order valence-corrected chi connectivity index (χ2v) is 7.50. The second-order valence-electron chi connectivity index (χ2n) is 7.50. The fourth-order valence-electron chi connectivity index (χ4n) is 3.30. The van der Waals surface area contributed by atoms with Crippen molar-refractivity contribution in [3.05, 3.63) is 30.7 Å². The minimum absolute atomic E-state index is 0.867. The van der Waals surface area contributed by atoms with Gasteiger partial charge in [0.25, 0.3) is 0 Å². The fourth-order valence-corrected chi connectivity index (χ4v) is 3.30. The largest absolute Gasteiger partial charge is 0.371 e. The summed E-state index contributed by atoms with van der Waals surface area (Å²) in [6, 6.07) is 7.19. The highest BCUT2D eigenvalue weighted by Gasteiger charge is 2.12. The topological polar surface area (TPSA) is 6.48 Å². The fraction of sp³-hybridized carbons (Fsp3) is 0.708. The van der Waals surface area contributed by atoms with Crippen LogP contribution in [0.3, 0.4) is 0 Å². The van der Waals surface area contributed by atoms with E-state index in [4.69, 9.17) is 0 Å². The normalized spacial score (nSPS) is 11.0. The SMILES string of the molecule is [CH2]Cc1cc(N(CCCC)CCCC)cc(N(CCCC)CCCC)c1. The van der Waals surface area contributed by atoms with Gasteiger partial charge < -0.3 is 9.80 Å². The van der Waals surface area contributed by atoms with Gasteiger partial charge in [0.1, 0.15) is 0 Å². The van der Waals surface area contributed by atoms with Gasteiger partial charge in [0.05, 0.1) is 0 Å². The Kier molecular flexibility index (Phi) is 12.3. The molecular weight excluding hydrogens is 316 g/mol. The van der Waals surface area contributed by atoms with Crippen LogP contribution in [0.25, 0.3) is 0 Å². The second kappa shape index (κ2) is 13.9. The minimum Gasteiger partial charge on any atom is -0.371 e. The molecule has 0 fully saturated rings. The molecule has 0 saturated carbocycles. The smallest absolute Gasteiger partial charge is 0.0389 e. The lowest BCUT2D eigenvalue weighted by Crippen LogP contribution is -2.28. The van der Waals surface area contributed by atoms with Crippen molar-refractivity contribution in [2.24, 2.45) is 0 Å². The van der Waals surface area contributed by atoms with Gasteiger partial charge in [-0.05, 0) is 62.8 Å². The third kappa shape index (κ3) is 8.01. The van der Waals surface area contributed by atoms with Crippen LogP contribution in [0, 0.1) is 6.92 Å². The van der Waals surface area contributed by atoms with Crippen LogP contribution in [0.5, 0.6) is 0 Å². The van der Waals surface area contributed by atoms with E-state index in [0.717, 1.165) is 6.42 Å². The summed E-state index contributed by atoms with van der Waals surface area (Å²) in [7, 11) is 0. The first-order valence-corrected chi connectivity index (χ1v) is 11.1. The average molecular weight is 360 g/mol. The van der Waals surface area contributed by atoms with Crippen LogP contribution in [0.1, 0.15) is 84.6 Å². The maximum absolute atomic E-state index is 4.17. The number of hydrogen-bond acceptors (Lipinski definition) is 2. The molecule has 0 aliphatic carbocycles. The van der Waals surface area contributed by atoms with Gasteiger partial charge >= 0.3 is 0 Å². The highest BCUT2D eigenvalue weighted by molar-refractivity contribution is 5.62. The average Bonchev–Trinajstić information content (AvgIpc) is 2.67. The monoisotopic (exact) mass is 359 g/mol. The molecular formula is C24H43N2. The molecule has 0 heterocycles. The molecule has 1 radical (unpaired) electrons. The zero-order chi connectivity index (χ0) is 19.2. The number of unbranched alkanes of at least 4 members (excludes halogenated alkanes) is 4. The first-order chi connectivity index (χ1) is 12.7. The summed E-state index contributed by atoms with van der Waals surface area (Å²) >= 11 is 0. The predicted octanol–water partition coefficient (Wildman–Crippen LogP) is 6.88. The third-order valence-electron chi connectivity index (χ3n) is 5.11. The third-order valence-corrected chi connectivity index (χ3v) is 5.11. The van der Waals surface area contributed by atoms with Crippen LogP contribution in [-0.4, -0.2) is 26.2 Å². The van der Waals surface area contributed by atoms with E-state index < -0.39 is 0 Å². The number of rotatable bonds is 15. The van der Waals surface area contributed by atoms with Crippen LogP contribution in [0.4, 0.5) is 11.4 Å². The summed E-state index contributed by atoms with van der Waals surface area (Å²) < 4.78 is 0. The van der Waals surface area contributed by atoms with Crippen LogP contribution < -0.4 is 9.80 Å². The summed E-state index contributed by atoms with van der Waals surface area (Å²) in [4.78, 5) is 5.21. The summed E-state index contributed by atoms with van der Waals surface area (Å²) in [5.74, 6) is 0. The Hall–Kier alpha value is -1.18. The van der Waals surface area contributed by atoms with E-state index >= 15 is 0 Å².